The van der Waals surface area contributed by atoms with E-state index in [9.17, 15) is 9.18 Å². The molecule has 3 N–H and O–H groups in total. The molecular weight excluding hydrogens is 337 g/mol. The molecule has 7 heteroatoms. The predicted molar refractivity (Wildman–Crippen MR) is 88.1 cm³/mol. The fraction of sp³-hybridized carbons (Fsp3) is 0.235. The van der Waals surface area contributed by atoms with Gasteiger partial charge in [-0.1, -0.05) is 17.7 Å². The molecule has 0 aliphatic rings. The molecule has 1 unspecified atom stereocenters. The van der Waals surface area contributed by atoms with Crippen LogP contribution in [0.2, 0.25) is 5.02 Å². The van der Waals surface area contributed by atoms with Gasteiger partial charge in [-0.25, -0.2) is 4.39 Å². The quantitative estimate of drug-likeness (QED) is 0.799. The van der Waals surface area contributed by atoms with Crippen molar-refractivity contribution in [2.24, 2.45) is 5.73 Å². The second-order valence-electron chi connectivity index (χ2n) is 5.16. The average Bonchev–Trinajstić information content (AvgIpc) is 2.56. The van der Waals surface area contributed by atoms with Gasteiger partial charge < -0.3 is 20.3 Å². The van der Waals surface area contributed by atoms with Crippen LogP contribution in [0.15, 0.2) is 36.4 Å². The summed E-state index contributed by atoms with van der Waals surface area (Å²) in [5.41, 5.74) is 7.02. The fourth-order valence-corrected chi connectivity index (χ4v) is 2.31. The Hall–Kier alpha value is -2.31. The number of halogens is 2. The lowest BCUT2D eigenvalue weighted by molar-refractivity contribution is -0.138. The molecule has 0 aromatic heterocycles. The van der Waals surface area contributed by atoms with E-state index in [0.29, 0.717) is 17.1 Å². The van der Waals surface area contributed by atoms with Gasteiger partial charge >= 0.3 is 5.97 Å². The van der Waals surface area contributed by atoms with Crippen molar-refractivity contribution >= 4 is 17.6 Å². The number of methoxy groups -OCH3 is 1. The molecule has 128 valence electrons. The lowest BCUT2D eigenvalue weighted by Gasteiger charge is -2.13. The number of benzene rings is 2. The summed E-state index contributed by atoms with van der Waals surface area (Å²) in [6.07, 6.45) is 0.189. The highest BCUT2D eigenvalue weighted by Gasteiger charge is 2.14. The van der Waals surface area contributed by atoms with E-state index in [4.69, 9.17) is 31.9 Å². The van der Waals surface area contributed by atoms with Crippen LogP contribution in [0.25, 0.3) is 0 Å². The van der Waals surface area contributed by atoms with Gasteiger partial charge in [0.25, 0.3) is 0 Å². The Kier molecular flexibility index (Phi) is 6.00. The highest BCUT2D eigenvalue weighted by molar-refractivity contribution is 6.30. The molecule has 0 aliphatic carbocycles. The molecule has 0 spiro atoms. The SMILES string of the molecule is COc1ccc(CC(N)C(=O)O)cc1COc1ccc(F)c(Cl)c1. The molecular formula is C17H17ClFNO4. The van der Waals surface area contributed by atoms with E-state index >= 15 is 0 Å². The highest BCUT2D eigenvalue weighted by Crippen LogP contribution is 2.25. The highest BCUT2D eigenvalue weighted by atomic mass is 35.5. The third-order valence-corrected chi connectivity index (χ3v) is 3.69. The van der Waals surface area contributed by atoms with E-state index in [2.05, 4.69) is 0 Å². The Bertz CT molecular complexity index is 739. The number of nitrogens with two attached hydrogens (primary N) is 1. The van der Waals surface area contributed by atoms with Crippen molar-refractivity contribution in [3.05, 3.63) is 58.4 Å². The average molecular weight is 354 g/mol. The maximum Gasteiger partial charge on any atom is 0.320 e. The minimum atomic E-state index is -1.07. The van der Waals surface area contributed by atoms with Gasteiger partial charge in [0.05, 0.1) is 12.1 Å². The zero-order valence-electron chi connectivity index (χ0n) is 13.0. The van der Waals surface area contributed by atoms with Gasteiger partial charge in [0.2, 0.25) is 0 Å². The molecule has 1 atom stereocenters. The first kappa shape index (κ1) is 18.0. The van der Waals surface area contributed by atoms with E-state index in [1.807, 2.05) is 0 Å². The molecule has 0 saturated carbocycles. The van der Waals surface area contributed by atoms with E-state index in [1.54, 1.807) is 18.2 Å². The fourth-order valence-electron chi connectivity index (χ4n) is 2.14. The molecule has 0 saturated heterocycles. The van der Waals surface area contributed by atoms with Gasteiger partial charge in [0, 0.05) is 11.6 Å². The molecule has 0 aliphatic heterocycles. The van der Waals surface area contributed by atoms with E-state index in [-0.39, 0.29) is 18.1 Å². The van der Waals surface area contributed by atoms with Crippen LogP contribution in [0.4, 0.5) is 4.39 Å². The van der Waals surface area contributed by atoms with Crippen molar-refractivity contribution in [2.45, 2.75) is 19.1 Å². The number of aliphatic carboxylic acids is 1. The maximum atomic E-state index is 13.2. The normalized spacial score (nSPS) is 11.8. The molecule has 0 fully saturated rings. The van der Waals surface area contributed by atoms with Crippen LogP contribution >= 0.6 is 11.6 Å². The van der Waals surface area contributed by atoms with Crippen LogP contribution in [0.3, 0.4) is 0 Å². The van der Waals surface area contributed by atoms with Crippen molar-refractivity contribution < 1.29 is 23.8 Å². The summed E-state index contributed by atoms with van der Waals surface area (Å²) in [5, 5.41) is 8.87. The van der Waals surface area contributed by atoms with Gasteiger partial charge in [0.15, 0.2) is 0 Å². The number of carboxylic acids is 1. The monoisotopic (exact) mass is 353 g/mol. The van der Waals surface area contributed by atoms with Gasteiger partial charge in [-0.05, 0) is 36.2 Å². The summed E-state index contributed by atoms with van der Waals surface area (Å²) in [4.78, 5) is 10.9. The molecule has 2 rings (SSSR count). The lowest BCUT2D eigenvalue weighted by Crippen LogP contribution is -2.32. The molecule has 0 radical (unpaired) electrons. The summed E-state index contributed by atoms with van der Waals surface area (Å²) in [6.45, 7) is 0.154. The van der Waals surface area contributed by atoms with Crippen LogP contribution in [0.1, 0.15) is 11.1 Å². The summed E-state index contributed by atoms with van der Waals surface area (Å²) in [6, 6.07) is 8.33. The van der Waals surface area contributed by atoms with Crippen molar-refractivity contribution in [2.75, 3.05) is 7.11 Å². The van der Waals surface area contributed by atoms with Crippen molar-refractivity contribution in [1.82, 2.24) is 0 Å². The summed E-state index contributed by atoms with van der Waals surface area (Å²) in [5.74, 6) is -0.581. The summed E-state index contributed by atoms with van der Waals surface area (Å²) in [7, 11) is 1.52. The first-order valence-corrected chi connectivity index (χ1v) is 7.50. The molecule has 0 bridgehead atoms. The predicted octanol–water partition coefficient (Wildman–Crippen LogP) is 3.02. The minimum absolute atomic E-state index is 0.0272. The van der Waals surface area contributed by atoms with Gasteiger partial charge in [-0.3, -0.25) is 4.79 Å². The van der Waals surface area contributed by atoms with Crippen LogP contribution in [-0.2, 0) is 17.8 Å². The lowest BCUT2D eigenvalue weighted by atomic mass is 10.0. The molecule has 0 heterocycles. The Balaban J connectivity index is 2.14. The number of hydrogen-bond donors (Lipinski definition) is 2. The largest absolute Gasteiger partial charge is 0.496 e. The Morgan fingerprint density at radius 3 is 2.71 bits per heavy atom. The van der Waals surface area contributed by atoms with E-state index < -0.39 is 17.8 Å². The Morgan fingerprint density at radius 1 is 1.33 bits per heavy atom. The minimum Gasteiger partial charge on any atom is -0.496 e. The second-order valence-corrected chi connectivity index (χ2v) is 5.57. The van der Waals surface area contributed by atoms with Crippen molar-refractivity contribution in [1.29, 1.82) is 0 Å². The molecule has 5 nitrogen and oxygen atoms in total. The van der Waals surface area contributed by atoms with Gasteiger partial charge in [-0.15, -0.1) is 0 Å². The molecule has 0 amide bonds. The summed E-state index contributed by atoms with van der Waals surface area (Å²) >= 11 is 5.72. The zero-order chi connectivity index (χ0) is 17.7. The van der Waals surface area contributed by atoms with E-state index in [1.165, 1.54) is 25.3 Å². The number of rotatable bonds is 7. The Labute approximate surface area is 143 Å². The smallest absolute Gasteiger partial charge is 0.320 e. The number of ether oxygens (including phenoxy) is 2. The number of hydrogen-bond acceptors (Lipinski definition) is 4. The second kappa shape index (κ2) is 7.99. The van der Waals surface area contributed by atoms with Crippen LogP contribution in [0.5, 0.6) is 11.5 Å². The maximum absolute atomic E-state index is 13.2. The van der Waals surface area contributed by atoms with Gasteiger partial charge in [-0.2, -0.15) is 0 Å². The standard InChI is InChI=1S/C17H17ClFNO4/c1-23-16-5-2-10(7-15(20)17(21)22)6-11(16)9-24-12-3-4-14(19)13(18)8-12/h2-6,8,15H,7,9,20H2,1H3,(H,21,22). The first-order chi connectivity index (χ1) is 11.4. The van der Waals surface area contributed by atoms with Gasteiger partial charge in [0.1, 0.15) is 30.0 Å². The molecule has 2 aromatic carbocycles. The molecule has 2 aromatic rings. The summed E-state index contributed by atoms with van der Waals surface area (Å²) < 4.78 is 24.0. The third kappa shape index (κ3) is 4.59. The third-order valence-electron chi connectivity index (χ3n) is 3.40. The Morgan fingerprint density at radius 2 is 2.08 bits per heavy atom. The number of carboxylic acid groups (broad SMARTS) is 1. The first-order valence-electron chi connectivity index (χ1n) is 7.12. The van der Waals surface area contributed by atoms with Crippen molar-refractivity contribution in [3.63, 3.8) is 0 Å². The van der Waals surface area contributed by atoms with E-state index in [0.717, 1.165) is 5.56 Å². The van der Waals surface area contributed by atoms with Crippen LogP contribution in [0, 0.1) is 5.82 Å². The zero-order valence-corrected chi connectivity index (χ0v) is 13.7. The van der Waals surface area contributed by atoms with Crippen LogP contribution < -0.4 is 15.2 Å². The number of carbonyl (C=O) groups is 1. The molecule has 24 heavy (non-hydrogen) atoms. The van der Waals surface area contributed by atoms with Crippen molar-refractivity contribution in [3.8, 4) is 11.5 Å². The van der Waals surface area contributed by atoms with Crippen LogP contribution in [-0.4, -0.2) is 24.2 Å². The topological polar surface area (TPSA) is 81.8 Å².